The molecule has 2 aromatic rings. The van der Waals surface area contributed by atoms with Crippen molar-refractivity contribution in [3.8, 4) is 5.75 Å². The summed E-state index contributed by atoms with van der Waals surface area (Å²) < 4.78 is 31.2. The average Bonchev–Trinajstić information content (AvgIpc) is 2.78. The molecule has 8 heteroatoms. The molecule has 6 nitrogen and oxygen atoms in total. The molecule has 1 fully saturated rings. The first-order valence-electron chi connectivity index (χ1n) is 10.5. The van der Waals surface area contributed by atoms with Gasteiger partial charge in [-0.25, -0.2) is 4.39 Å². The molecular weight excluding hydrogens is 415 g/mol. The minimum absolute atomic E-state index is 0.271. The minimum atomic E-state index is -0.911. The Morgan fingerprint density at radius 1 is 1.13 bits per heavy atom. The summed E-state index contributed by atoms with van der Waals surface area (Å²) in [5, 5.41) is 3.34. The lowest BCUT2D eigenvalue weighted by Gasteiger charge is -2.36. The Labute approximate surface area is 186 Å². The van der Waals surface area contributed by atoms with E-state index in [1.807, 2.05) is 36.4 Å². The summed E-state index contributed by atoms with van der Waals surface area (Å²) in [5.74, 6) is 1.94. The lowest BCUT2D eigenvalue weighted by molar-refractivity contribution is 0.172. The van der Waals surface area contributed by atoms with Crippen molar-refractivity contribution < 1.29 is 13.3 Å². The highest BCUT2D eigenvalue weighted by molar-refractivity contribution is 7.84. The first kappa shape index (κ1) is 23.2. The molecule has 168 valence electrons. The maximum absolute atomic E-state index is 13.9. The van der Waals surface area contributed by atoms with E-state index in [1.54, 1.807) is 19.2 Å². The van der Waals surface area contributed by atoms with Gasteiger partial charge in [-0.1, -0.05) is 36.4 Å². The third kappa shape index (κ3) is 7.04. The summed E-state index contributed by atoms with van der Waals surface area (Å²) in [4.78, 5) is 8.90. The summed E-state index contributed by atoms with van der Waals surface area (Å²) in [6.07, 6.45) is 0. The van der Waals surface area contributed by atoms with Gasteiger partial charge in [-0.05, 0) is 23.3 Å². The second-order valence-corrected chi connectivity index (χ2v) is 9.06. The second-order valence-electron chi connectivity index (χ2n) is 7.48. The van der Waals surface area contributed by atoms with Crippen LogP contribution in [0.15, 0.2) is 53.5 Å². The number of piperazine rings is 1. The Hall–Kier alpha value is -2.45. The Morgan fingerprint density at radius 3 is 2.52 bits per heavy atom. The van der Waals surface area contributed by atoms with Crippen LogP contribution in [0.25, 0.3) is 0 Å². The highest BCUT2D eigenvalue weighted by Crippen LogP contribution is 2.19. The summed E-state index contributed by atoms with van der Waals surface area (Å²) in [5.41, 5.74) is 2.04. The van der Waals surface area contributed by atoms with E-state index >= 15 is 0 Å². The normalized spacial score (nSPS) is 16.2. The van der Waals surface area contributed by atoms with E-state index in [1.165, 1.54) is 7.11 Å². The maximum atomic E-state index is 13.9. The molecule has 1 N–H and O–H groups in total. The van der Waals surface area contributed by atoms with Crippen molar-refractivity contribution in [2.45, 2.75) is 12.3 Å². The van der Waals surface area contributed by atoms with Crippen LogP contribution >= 0.6 is 0 Å². The zero-order valence-electron chi connectivity index (χ0n) is 18.2. The number of hydrogen-bond acceptors (Lipinski definition) is 4. The first-order chi connectivity index (χ1) is 15.1. The van der Waals surface area contributed by atoms with Gasteiger partial charge < -0.3 is 15.0 Å². The highest BCUT2D eigenvalue weighted by Gasteiger charge is 2.20. The predicted octanol–water partition coefficient (Wildman–Crippen LogP) is 2.48. The quantitative estimate of drug-likeness (QED) is 0.499. The van der Waals surface area contributed by atoms with Crippen molar-refractivity contribution >= 4 is 16.8 Å². The van der Waals surface area contributed by atoms with Gasteiger partial charge in [-0.3, -0.25) is 14.1 Å². The Kier molecular flexibility index (Phi) is 8.85. The van der Waals surface area contributed by atoms with Crippen LogP contribution in [-0.2, 0) is 23.1 Å². The second kappa shape index (κ2) is 11.8. The van der Waals surface area contributed by atoms with E-state index < -0.39 is 10.8 Å². The molecule has 0 bridgehead atoms. The molecule has 0 aromatic heterocycles. The van der Waals surface area contributed by atoms with Gasteiger partial charge in [0.05, 0.1) is 7.11 Å². The monoisotopic (exact) mass is 446 g/mol. The van der Waals surface area contributed by atoms with Crippen molar-refractivity contribution in [1.29, 1.82) is 0 Å². The molecule has 2 aromatic carbocycles. The number of ether oxygens (including phenoxy) is 1. The molecule has 1 saturated heterocycles. The average molecular weight is 447 g/mol. The van der Waals surface area contributed by atoms with Crippen molar-refractivity contribution in [3.05, 3.63) is 65.5 Å². The highest BCUT2D eigenvalue weighted by atomic mass is 32.2. The van der Waals surface area contributed by atoms with Gasteiger partial charge >= 0.3 is 0 Å². The smallest absolute Gasteiger partial charge is 0.193 e. The molecule has 3 rings (SSSR count). The SMILES string of the molecule is CN=C(NCCS(=O)Cc1ccccc1)N1CCN(Cc2ccc(OC)c(F)c2)CC1. The van der Waals surface area contributed by atoms with Crippen molar-refractivity contribution in [2.24, 2.45) is 4.99 Å². The minimum Gasteiger partial charge on any atom is -0.494 e. The molecule has 1 aliphatic rings. The van der Waals surface area contributed by atoms with Gasteiger partial charge in [-0.15, -0.1) is 0 Å². The molecule has 31 heavy (non-hydrogen) atoms. The Bertz CT molecular complexity index is 886. The standard InChI is InChI=1S/C23H31FN4O2S/c1-25-23(26-10-15-31(29)18-19-6-4-3-5-7-19)28-13-11-27(12-14-28)17-20-8-9-22(30-2)21(24)16-20/h3-9,16H,10-15,17-18H2,1-2H3,(H,25,26). The van der Waals surface area contributed by atoms with E-state index in [0.29, 0.717) is 24.6 Å². The van der Waals surface area contributed by atoms with E-state index in [9.17, 15) is 8.60 Å². The summed E-state index contributed by atoms with van der Waals surface area (Å²) >= 11 is 0. The van der Waals surface area contributed by atoms with Gasteiger partial charge in [0.1, 0.15) is 0 Å². The third-order valence-electron chi connectivity index (χ3n) is 5.29. The van der Waals surface area contributed by atoms with Crippen LogP contribution in [0.4, 0.5) is 4.39 Å². The Balaban J connectivity index is 1.40. The van der Waals surface area contributed by atoms with Crippen molar-refractivity contribution in [1.82, 2.24) is 15.1 Å². The fourth-order valence-electron chi connectivity index (χ4n) is 3.63. The Morgan fingerprint density at radius 2 is 1.87 bits per heavy atom. The molecule has 0 saturated carbocycles. The molecule has 0 aliphatic carbocycles. The van der Waals surface area contributed by atoms with E-state index in [0.717, 1.165) is 43.3 Å². The molecule has 1 unspecified atom stereocenters. The van der Waals surface area contributed by atoms with Crippen LogP contribution in [0, 0.1) is 5.82 Å². The number of hydrogen-bond donors (Lipinski definition) is 1. The molecule has 1 atom stereocenters. The lowest BCUT2D eigenvalue weighted by Crippen LogP contribution is -2.52. The summed E-state index contributed by atoms with van der Waals surface area (Å²) in [7, 11) is 2.33. The van der Waals surface area contributed by atoms with Gasteiger partial charge in [0, 0.05) is 68.6 Å². The number of aliphatic imine (C=N–C) groups is 1. The summed E-state index contributed by atoms with van der Waals surface area (Å²) in [6, 6.07) is 15.0. The molecule has 0 spiro atoms. The predicted molar refractivity (Wildman–Crippen MR) is 124 cm³/mol. The number of benzene rings is 2. The third-order valence-corrected chi connectivity index (χ3v) is 6.60. The number of guanidine groups is 1. The van der Waals surface area contributed by atoms with Gasteiger partial charge in [-0.2, -0.15) is 0 Å². The number of rotatable bonds is 8. The van der Waals surface area contributed by atoms with Crippen molar-refractivity contribution in [3.63, 3.8) is 0 Å². The van der Waals surface area contributed by atoms with E-state index in [-0.39, 0.29) is 11.6 Å². The number of nitrogens with zero attached hydrogens (tertiary/aromatic N) is 3. The maximum Gasteiger partial charge on any atom is 0.193 e. The van der Waals surface area contributed by atoms with Crippen LogP contribution in [0.1, 0.15) is 11.1 Å². The largest absolute Gasteiger partial charge is 0.494 e. The van der Waals surface area contributed by atoms with Gasteiger partial charge in [0.15, 0.2) is 17.5 Å². The van der Waals surface area contributed by atoms with Gasteiger partial charge in [0.2, 0.25) is 0 Å². The summed E-state index contributed by atoms with van der Waals surface area (Å²) in [6.45, 7) is 4.75. The van der Waals surface area contributed by atoms with Crippen LogP contribution in [0.3, 0.4) is 0 Å². The molecule has 0 radical (unpaired) electrons. The molecule has 1 aliphatic heterocycles. The molecular formula is C23H31FN4O2S. The lowest BCUT2D eigenvalue weighted by atomic mass is 10.2. The van der Waals surface area contributed by atoms with Crippen LogP contribution in [-0.4, -0.2) is 72.6 Å². The van der Waals surface area contributed by atoms with Crippen LogP contribution < -0.4 is 10.1 Å². The topological polar surface area (TPSA) is 57.2 Å². The van der Waals surface area contributed by atoms with E-state index in [4.69, 9.17) is 4.74 Å². The van der Waals surface area contributed by atoms with Crippen LogP contribution in [0.5, 0.6) is 5.75 Å². The zero-order valence-corrected chi connectivity index (χ0v) is 19.0. The molecule has 1 heterocycles. The van der Waals surface area contributed by atoms with Gasteiger partial charge in [0.25, 0.3) is 0 Å². The van der Waals surface area contributed by atoms with Crippen molar-refractivity contribution in [2.75, 3.05) is 52.6 Å². The zero-order chi connectivity index (χ0) is 22.1. The number of nitrogens with one attached hydrogen (secondary N) is 1. The number of halogens is 1. The fraction of sp³-hybridized carbons (Fsp3) is 0.435. The van der Waals surface area contributed by atoms with Crippen LogP contribution in [0.2, 0.25) is 0 Å². The molecule has 0 amide bonds. The number of methoxy groups -OCH3 is 1. The fourth-order valence-corrected chi connectivity index (χ4v) is 4.66. The van der Waals surface area contributed by atoms with E-state index in [2.05, 4.69) is 20.1 Å². The first-order valence-corrected chi connectivity index (χ1v) is 12.0.